The predicted octanol–water partition coefficient (Wildman–Crippen LogP) is 4.20. The number of fused-ring (bicyclic) bond motifs is 1. The number of ether oxygens (including phenoxy) is 1. The van der Waals surface area contributed by atoms with E-state index in [2.05, 4.69) is 15.4 Å². The molecule has 3 aromatic rings. The molecule has 0 spiro atoms. The minimum absolute atomic E-state index is 0.371. The molecule has 0 bridgehead atoms. The van der Waals surface area contributed by atoms with Crippen molar-refractivity contribution in [2.75, 3.05) is 17.7 Å². The molecule has 2 N–H and O–H groups in total. The van der Waals surface area contributed by atoms with Crippen molar-refractivity contribution >= 4 is 28.4 Å². The summed E-state index contributed by atoms with van der Waals surface area (Å²) in [7, 11) is 1.31. The Morgan fingerprint density at radius 3 is 2.65 bits per heavy atom. The Morgan fingerprint density at radius 1 is 1.12 bits per heavy atom. The van der Waals surface area contributed by atoms with Crippen LogP contribution in [0.25, 0.3) is 11.0 Å². The normalized spacial score (nSPS) is 10.6. The van der Waals surface area contributed by atoms with Gasteiger partial charge in [0, 0.05) is 29.4 Å². The average Bonchev–Trinajstić information content (AvgIpc) is 2.63. The zero-order valence-corrected chi connectivity index (χ0v) is 14.9. The molecule has 6 heteroatoms. The maximum atomic E-state index is 11.9. The van der Waals surface area contributed by atoms with E-state index in [1.165, 1.54) is 13.2 Å². The van der Waals surface area contributed by atoms with Gasteiger partial charge in [0.05, 0.1) is 7.11 Å². The van der Waals surface area contributed by atoms with Crippen LogP contribution in [0.3, 0.4) is 0 Å². The van der Waals surface area contributed by atoms with Gasteiger partial charge in [0.1, 0.15) is 5.58 Å². The van der Waals surface area contributed by atoms with E-state index in [9.17, 15) is 9.59 Å². The van der Waals surface area contributed by atoms with Crippen LogP contribution >= 0.6 is 0 Å². The van der Waals surface area contributed by atoms with Crippen LogP contribution in [-0.2, 0) is 11.3 Å². The number of carbonyl (C=O) groups excluding carboxylic acids is 1. The van der Waals surface area contributed by atoms with Gasteiger partial charge in [0.15, 0.2) is 0 Å². The number of hydrogen-bond donors (Lipinski definition) is 2. The van der Waals surface area contributed by atoms with Gasteiger partial charge in [0.25, 0.3) is 0 Å². The lowest BCUT2D eigenvalue weighted by Gasteiger charge is -2.12. The lowest BCUT2D eigenvalue weighted by molar-refractivity contribution is 0.187. The van der Waals surface area contributed by atoms with Gasteiger partial charge in [0.2, 0.25) is 0 Å². The van der Waals surface area contributed by atoms with Crippen LogP contribution in [0.1, 0.15) is 16.7 Å². The molecule has 6 nitrogen and oxygen atoms in total. The van der Waals surface area contributed by atoms with Gasteiger partial charge in [-0.15, -0.1) is 0 Å². The summed E-state index contributed by atoms with van der Waals surface area (Å²) in [4.78, 5) is 23.2. The second-order valence-corrected chi connectivity index (χ2v) is 6.03. The Bertz CT molecular complexity index is 1020. The molecule has 0 unspecified atom stereocenters. The highest BCUT2D eigenvalue weighted by molar-refractivity contribution is 5.86. The van der Waals surface area contributed by atoms with E-state index in [1.807, 2.05) is 38.1 Å². The van der Waals surface area contributed by atoms with Crippen LogP contribution in [0.5, 0.6) is 0 Å². The van der Waals surface area contributed by atoms with Crippen LogP contribution in [-0.4, -0.2) is 13.2 Å². The van der Waals surface area contributed by atoms with Crippen LogP contribution in [0.4, 0.5) is 16.2 Å². The molecule has 0 aliphatic carbocycles. The van der Waals surface area contributed by atoms with Gasteiger partial charge in [-0.2, -0.15) is 0 Å². The van der Waals surface area contributed by atoms with Crippen molar-refractivity contribution in [3.8, 4) is 0 Å². The highest BCUT2D eigenvalue weighted by Gasteiger charge is 2.09. The topological polar surface area (TPSA) is 80.6 Å². The molecule has 1 aromatic heterocycles. The van der Waals surface area contributed by atoms with E-state index in [0.717, 1.165) is 27.8 Å². The highest BCUT2D eigenvalue weighted by atomic mass is 16.5. The average molecular weight is 352 g/mol. The van der Waals surface area contributed by atoms with Gasteiger partial charge in [-0.3, -0.25) is 5.32 Å². The molecule has 1 heterocycles. The summed E-state index contributed by atoms with van der Waals surface area (Å²) in [6, 6.07) is 12.7. The molecule has 134 valence electrons. The third kappa shape index (κ3) is 3.69. The fraction of sp³-hybridized carbons (Fsp3) is 0.200. The number of hydrogen-bond acceptors (Lipinski definition) is 5. The maximum absolute atomic E-state index is 11.9. The molecule has 3 rings (SSSR count). The van der Waals surface area contributed by atoms with Crippen molar-refractivity contribution in [3.05, 3.63) is 69.6 Å². The third-order valence-corrected chi connectivity index (χ3v) is 4.29. The van der Waals surface area contributed by atoms with Gasteiger partial charge >= 0.3 is 11.7 Å². The zero-order valence-electron chi connectivity index (χ0n) is 14.9. The predicted molar refractivity (Wildman–Crippen MR) is 102 cm³/mol. The minimum Gasteiger partial charge on any atom is -0.453 e. The van der Waals surface area contributed by atoms with E-state index in [1.54, 1.807) is 12.1 Å². The fourth-order valence-electron chi connectivity index (χ4n) is 2.74. The number of nitrogens with one attached hydrogen (secondary N) is 2. The Kier molecular flexibility index (Phi) is 4.93. The number of methoxy groups -OCH3 is 1. The van der Waals surface area contributed by atoms with Crippen molar-refractivity contribution in [1.82, 2.24) is 0 Å². The minimum atomic E-state index is -0.528. The van der Waals surface area contributed by atoms with E-state index in [-0.39, 0.29) is 5.63 Å². The summed E-state index contributed by atoms with van der Waals surface area (Å²) < 4.78 is 9.99. The van der Waals surface area contributed by atoms with Crippen LogP contribution in [0.15, 0.2) is 51.7 Å². The number of carbonyl (C=O) groups is 1. The molecule has 0 atom stereocenters. The first-order valence-corrected chi connectivity index (χ1v) is 8.20. The standard InChI is InChI=1S/C20H20N2O4/c1-12-7-8-17-14(9-18(23)26-19(17)13(12)2)11-21-15-5-4-6-16(10-15)22-20(24)25-3/h4-10,21H,11H2,1-3H3,(H,22,24). The molecule has 1 amide bonds. The molecule has 26 heavy (non-hydrogen) atoms. The van der Waals surface area contributed by atoms with Gasteiger partial charge in [-0.1, -0.05) is 18.2 Å². The van der Waals surface area contributed by atoms with Crippen molar-refractivity contribution < 1.29 is 13.9 Å². The van der Waals surface area contributed by atoms with Crippen molar-refractivity contribution in [1.29, 1.82) is 0 Å². The lowest BCUT2D eigenvalue weighted by atomic mass is 10.0. The molecule has 0 aliphatic rings. The molecule has 0 saturated carbocycles. The summed E-state index contributed by atoms with van der Waals surface area (Å²) in [5, 5.41) is 6.80. The molecule has 0 fully saturated rings. The molecule has 0 aliphatic heterocycles. The van der Waals surface area contributed by atoms with E-state index >= 15 is 0 Å². The smallest absolute Gasteiger partial charge is 0.411 e. The van der Waals surface area contributed by atoms with Gasteiger partial charge < -0.3 is 14.5 Å². The van der Waals surface area contributed by atoms with Gasteiger partial charge in [-0.05, 0) is 48.7 Å². The Balaban J connectivity index is 1.86. The number of anilines is 2. The molecular formula is C20H20N2O4. The van der Waals surface area contributed by atoms with E-state index < -0.39 is 6.09 Å². The van der Waals surface area contributed by atoms with Crippen molar-refractivity contribution in [2.24, 2.45) is 0 Å². The maximum Gasteiger partial charge on any atom is 0.411 e. The largest absolute Gasteiger partial charge is 0.453 e. The summed E-state index contributed by atoms with van der Waals surface area (Å²) >= 11 is 0. The number of aryl methyl sites for hydroxylation is 2. The second-order valence-electron chi connectivity index (χ2n) is 6.03. The van der Waals surface area contributed by atoms with Crippen LogP contribution < -0.4 is 16.3 Å². The quantitative estimate of drug-likeness (QED) is 0.688. The monoisotopic (exact) mass is 352 g/mol. The number of amides is 1. The Hall–Kier alpha value is -3.28. The Labute approximate surface area is 150 Å². The summed E-state index contributed by atoms with van der Waals surface area (Å²) in [5.41, 5.74) is 4.57. The van der Waals surface area contributed by atoms with Gasteiger partial charge in [-0.25, -0.2) is 9.59 Å². The second kappa shape index (κ2) is 7.31. The number of benzene rings is 2. The van der Waals surface area contributed by atoms with E-state index in [4.69, 9.17) is 4.42 Å². The lowest BCUT2D eigenvalue weighted by Crippen LogP contribution is -2.11. The van der Waals surface area contributed by atoms with E-state index in [0.29, 0.717) is 17.8 Å². The first kappa shape index (κ1) is 17.5. The summed E-state index contributed by atoms with van der Waals surface area (Å²) in [5.74, 6) is 0. The fourth-order valence-corrected chi connectivity index (χ4v) is 2.74. The van der Waals surface area contributed by atoms with Crippen molar-refractivity contribution in [3.63, 3.8) is 0 Å². The van der Waals surface area contributed by atoms with Crippen molar-refractivity contribution in [2.45, 2.75) is 20.4 Å². The zero-order chi connectivity index (χ0) is 18.7. The first-order chi connectivity index (χ1) is 12.5. The summed E-state index contributed by atoms with van der Waals surface area (Å²) in [6.07, 6.45) is -0.528. The molecule has 2 aromatic carbocycles. The Morgan fingerprint density at radius 2 is 1.88 bits per heavy atom. The SMILES string of the molecule is COC(=O)Nc1cccc(NCc2cc(=O)oc3c(C)c(C)ccc23)c1. The highest BCUT2D eigenvalue weighted by Crippen LogP contribution is 2.24. The van der Waals surface area contributed by atoms with Crippen LogP contribution in [0.2, 0.25) is 0 Å². The molecule has 0 saturated heterocycles. The first-order valence-electron chi connectivity index (χ1n) is 8.20. The molecular weight excluding hydrogens is 332 g/mol. The number of rotatable bonds is 4. The summed E-state index contributed by atoms with van der Waals surface area (Å²) in [6.45, 7) is 4.38. The third-order valence-electron chi connectivity index (χ3n) is 4.29. The molecule has 0 radical (unpaired) electrons. The van der Waals surface area contributed by atoms with Crippen LogP contribution in [0, 0.1) is 13.8 Å².